The quantitative estimate of drug-likeness (QED) is 0.725. The Morgan fingerprint density at radius 2 is 1.75 bits per heavy atom. The maximum Gasteiger partial charge on any atom is 0.108 e. The van der Waals surface area contributed by atoms with Crippen LogP contribution in [0.5, 0.6) is 0 Å². The van der Waals surface area contributed by atoms with Gasteiger partial charge in [-0.25, -0.2) is 0 Å². The summed E-state index contributed by atoms with van der Waals surface area (Å²) in [6.07, 6.45) is 7.38. The van der Waals surface area contributed by atoms with Gasteiger partial charge in [-0.3, -0.25) is 4.98 Å². The summed E-state index contributed by atoms with van der Waals surface area (Å²) in [4.78, 5) is 14.3. The number of hydrogen-bond acceptors (Lipinski definition) is 3. The molecule has 0 fully saturated rings. The van der Waals surface area contributed by atoms with Crippen LogP contribution < -0.4 is 0 Å². The highest BCUT2D eigenvalue weighted by Crippen LogP contribution is 2.15. The number of benzene rings is 1. The van der Waals surface area contributed by atoms with E-state index in [0.717, 1.165) is 11.1 Å². The molecule has 0 aliphatic carbocycles. The summed E-state index contributed by atoms with van der Waals surface area (Å²) >= 11 is 0. The molecule has 0 unspecified atom stereocenters. The largest absolute Gasteiger partial charge is 0.265 e. The van der Waals surface area contributed by atoms with E-state index >= 15 is 0 Å². The molecule has 2 aromatic rings. The molecule has 78 valence electrons. The van der Waals surface area contributed by atoms with Crippen molar-refractivity contribution in [2.45, 2.75) is 0 Å². The van der Waals surface area contributed by atoms with Gasteiger partial charge in [0.05, 0.1) is 0 Å². The van der Waals surface area contributed by atoms with Crippen LogP contribution in [0.1, 0.15) is 11.1 Å². The fourth-order valence-electron chi connectivity index (χ4n) is 1.35. The number of aromatic nitrogens is 1. The van der Waals surface area contributed by atoms with Crippen molar-refractivity contribution < 1.29 is 0 Å². The van der Waals surface area contributed by atoms with Crippen LogP contribution in [-0.4, -0.2) is 4.98 Å². The lowest BCUT2D eigenvalue weighted by Gasteiger charge is -1.94. The molecule has 0 atom stereocenters. The summed E-state index contributed by atoms with van der Waals surface area (Å²) in [5.74, 6) is 0. The SMILES string of the molecule is O=Nc1cccc(/C=C/c2ccncc2)c1. The van der Waals surface area contributed by atoms with Crippen molar-refractivity contribution in [1.29, 1.82) is 0 Å². The molecule has 1 aromatic heterocycles. The fraction of sp³-hybridized carbons (Fsp3) is 0. The zero-order valence-corrected chi connectivity index (χ0v) is 8.58. The molecule has 0 spiro atoms. The highest BCUT2D eigenvalue weighted by atomic mass is 16.3. The normalized spacial score (nSPS) is 10.5. The second kappa shape index (κ2) is 4.98. The van der Waals surface area contributed by atoms with E-state index in [4.69, 9.17) is 0 Å². The third-order valence-electron chi connectivity index (χ3n) is 2.15. The number of nitrogens with zero attached hydrogens (tertiary/aromatic N) is 2. The van der Waals surface area contributed by atoms with Crippen molar-refractivity contribution in [3.05, 3.63) is 64.8 Å². The predicted molar refractivity (Wildman–Crippen MR) is 65.1 cm³/mol. The number of pyridine rings is 1. The molecule has 0 bridgehead atoms. The number of rotatable bonds is 3. The van der Waals surface area contributed by atoms with Crippen LogP contribution in [0.4, 0.5) is 5.69 Å². The zero-order chi connectivity index (χ0) is 11.2. The van der Waals surface area contributed by atoms with Crippen molar-refractivity contribution in [2.24, 2.45) is 5.18 Å². The number of nitroso groups, excluding NO2 is 1. The van der Waals surface area contributed by atoms with Crippen molar-refractivity contribution in [1.82, 2.24) is 4.98 Å². The summed E-state index contributed by atoms with van der Waals surface area (Å²) in [7, 11) is 0. The van der Waals surface area contributed by atoms with E-state index in [1.165, 1.54) is 0 Å². The van der Waals surface area contributed by atoms with E-state index in [2.05, 4.69) is 10.2 Å². The Hall–Kier alpha value is -2.29. The van der Waals surface area contributed by atoms with Gasteiger partial charge in [0.25, 0.3) is 0 Å². The highest BCUT2D eigenvalue weighted by molar-refractivity contribution is 5.70. The predicted octanol–water partition coefficient (Wildman–Crippen LogP) is 3.65. The molecule has 0 saturated heterocycles. The van der Waals surface area contributed by atoms with Crippen LogP contribution >= 0.6 is 0 Å². The van der Waals surface area contributed by atoms with Gasteiger partial charge in [-0.1, -0.05) is 24.3 Å². The summed E-state index contributed by atoms with van der Waals surface area (Å²) < 4.78 is 0. The second-order valence-corrected chi connectivity index (χ2v) is 3.30. The Morgan fingerprint density at radius 1 is 1.00 bits per heavy atom. The van der Waals surface area contributed by atoms with Crippen LogP contribution in [0.25, 0.3) is 12.2 Å². The maximum atomic E-state index is 10.4. The van der Waals surface area contributed by atoms with Crippen LogP contribution in [0.15, 0.2) is 54.0 Å². The molecule has 0 aliphatic heterocycles. The standard InChI is InChI=1S/C13H10N2O/c16-15-13-3-1-2-12(10-13)5-4-11-6-8-14-9-7-11/h1-10H/b5-4+. The van der Waals surface area contributed by atoms with E-state index in [0.29, 0.717) is 5.69 Å². The first-order chi connectivity index (χ1) is 7.88. The van der Waals surface area contributed by atoms with Crippen molar-refractivity contribution in [2.75, 3.05) is 0 Å². The molecule has 1 aromatic carbocycles. The molecular formula is C13H10N2O. The van der Waals surface area contributed by atoms with E-state index in [1.807, 2.05) is 36.4 Å². The Morgan fingerprint density at radius 3 is 2.50 bits per heavy atom. The lowest BCUT2D eigenvalue weighted by molar-refractivity contribution is 1.32. The summed E-state index contributed by atoms with van der Waals surface area (Å²) in [6, 6.07) is 11.0. The minimum atomic E-state index is 0.442. The molecule has 0 N–H and O–H groups in total. The van der Waals surface area contributed by atoms with Crippen molar-refractivity contribution >= 4 is 17.8 Å². The average molecular weight is 210 g/mol. The van der Waals surface area contributed by atoms with Gasteiger partial charge < -0.3 is 0 Å². The van der Waals surface area contributed by atoms with Gasteiger partial charge in [0.1, 0.15) is 5.69 Å². The molecule has 0 amide bonds. The van der Waals surface area contributed by atoms with E-state index in [1.54, 1.807) is 24.5 Å². The van der Waals surface area contributed by atoms with E-state index in [-0.39, 0.29) is 0 Å². The zero-order valence-electron chi connectivity index (χ0n) is 8.58. The Bertz CT molecular complexity index is 506. The molecular weight excluding hydrogens is 200 g/mol. The molecule has 0 aliphatic rings. The first-order valence-corrected chi connectivity index (χ1v) is 4.90. The highest BCUT2D eigenvalue weighted by Gasteiger charge is 1.91. The van der Waals surface area contributed by atoms with Gasteiger partial charge in [-0.2, -0.15) is 0 Å². The van der Waals surface area contributed by atoms with Crippen LogP contribution in [0, 0.1) is 4.91 Å². The minimum Gasteiger partial charge on any atom is -0.265 e. The van der Waals surface area contributed by atoms with Crippen molar-refractivity contribution in [3.8, 4) is 0 Å². The lowest BCUT2D eigenvalue weighted by atomic mass is 10.1. The van der Waals surface area contributed by atoms with Crippen LogP contribution in [0.3, 0.4) is 0 Å². The molecule has 0 saturated carbocycles. The minimum absolute atomic E-state index is 0.442. The molecule has 3 heteroatoms. The molecule has 0 radical (unpaired) electrons. The first kappa shape index (κ1) is 10.2. The molecule has 2 rings (SSSR count). The lowest BCUT2D eigenvalue weighted by Crippen LogP contribution is -1.73. The van der Waals surface area contributed by atoms with Gasteiger partial charge in [0.15, 0.2) is 0 Å². The summed E-state index contributed by atoms with van der Waals surface area (Å²) in [5, 5.41) is 2.89. The summed E-state index contributed by atoms with van der Waals surface area (Å²) in [6.45, 7) is 0. The monoisotopic (exact) mass is 210 g/mol. The van der Waals surface area contributed by atoms with Gasteiger partial charge in [0.2, 0.25) is 0 Å². The molecule has 1 heterocycles. The Labute approximate surface area is 93.4 Å². The first-order valence-electron chi connectivity index (χ1n) is 4.90. The summed E-state index contributed by atoms with van der Waals surface area (Å²) in [5.41, 5.74) is 2.46. The molecule has 3 nitrogen and oxygen atoms in total. The van der Waals surface area contributed by atoms with E-state index < -0.39 is 0 Å². The Balaban J connectivity index is 2.20. The Kier molecular flexibility index (Phi) is 3.18. The third kappa shape index (κ3) is 2.60. The fourth-order valence-corrected chi connectivity index (χ4v) is 1.35. The number of hydrogen-bond donors (Lipinski definition) is 0. The van der Waals surface area contributed by atoms with Gasteiger partial charge in [-0.05, 0) is 40.6 Å². The average Bonchev–Trinajstić information content (AvgIpc) is 2.38. The second-order valence-electron chi connectivity index (χ2n) is 3.30. The van der Waals surface area contributed by atoms with Gasteiger partial charge in [-0.15, -0.1) is 4.91 Å². The van der Waals surface area contributed by atoms with Gasteiger partial charge >= 0.3 is 0 Å². The molecule has 16 heavy (non-hydrogen) atoms. The maximum absolute atomic E-state index is 10.4. The van der Waals surface area contributed by atoms with Crippen molar-refractivity contribution in [3.63, 3.8) is 0 Å². The van der Waals surface area contributed by atoms with Crippen LogP contribution in [-0.2, 0) is 0 Å². The third-order valence-corrected chi connectivity index (χ3v) is 2.15. The van der Waals surface area contributed by atoms with Gasteiger partial charge in [0, 0.05) is 12.4 Å². The topological polar surface area (TPSA) is 42.3 Å². The van der Waals surface area contributed by atoms with Crippen LogP contribution in [0.2, 0.25) is 0 Å². The smallest absolute Gasteiger partial charge is 0.108 e. The van der Waals surface area contributed by atoms with E-state index in [9.17, 15) is 4.91 Å².